The Hall–Kier alpha value is -2.87. The van der Waals surface area contributed by atoms with Crippen LogP contribution < -0.4 is 11.1 Å². The minimum atomic E-state index is -0.555. The van der Waals surface area contributed by atoms with Gasteiger partial charge in [-0.2, -0.15) is 10.2 Å². The van der Waals surface area contributed by atoms with Crippen LogP contribution in [0.1, 0.15) is 35.8 Å². The van der Waals surface area contributed by atoms with Gasteiger partial charge in [0.15, 0.2) is 0 Å². The Kier molecular flexibility index (Phi) is 4.15. The number of anilines is 1. The number of amides is 1. The Morgan fingerprint density at radius 1 is 1.37 bits per heavy atom. The minimum Gasteiger partial charge on any atom is -0.391 e. The zero-order valence-electron chi connectivity index (χ0n) is 15.7. The Morgan fingerprint density at radius 3 is 2.70 bits per heavy atom. The number of nitrogens with two attached hydrogens (primary N) is 1. The zero-order chi connectivity index (χ0) is 19.3. The summed E-state index contributed by atoms with van der Waals surface area (Å²) >= 11 is 0. The van der Waals surface area contributed by atoms with Crippen molar-refractivity contribution >= 4 is 17.1 Å². The van der Waals surface area contributed by atoms with Crippen molar-refractivity contribution in [2.24, 2.45) is 18.7 Å². The number of aliphatic hydroxyl groups is 1. The summed E-state index contributed by atoms with van der Waals surface area (Å²) in [5, 5.41) is 22.4. The first-order valence-electron chi connectivity index (χ1n) is 9.11. The SMILES string of the molecule is Cc1c(-c2cc3c(N[C@H](C)C(O)C4CC4)c(C(N)=O)cnn3c2)cnn1C. The van der Waals surface area contributed by atoms with E-state index >= 15 is 0 Å². The normalized spacial score (nSPS) is 16.4. The Labute approximate surface area is 157 Å². The van der Waals surface area contributed by atoms with Crippen molar-refractivity contribution in [3.05, 3.63) is 35.9 Å². The van der Waals surface area contributed by atoms with Gasteiger partial charge in [-0.3, -0.25) is 9.48 Å². The van der Waals surface area contributed by atoms with E-state index in [1.807, 2.05) is 44.0 Å². The van der Waals surface area contributed by atoms with E-state index < -0.39 is 12.0 Å². The number of aliphatic hydroxyl groups excluding tert-OH is 1. The second-order valence-corrected chi connectivity index (χ2v) is 7.38. The monoisotopic (exact) mass is 368 g/mol. The predicted molar refractivity (Wildman–Crippen MR) is 102 cm³/mol. The smallest absolute Gasteiger partial charge is 0.252 e. The third kappa shape index (κ3) is 3.06. The van der Waals surface area contributed by atoms with Gasteiger partial charge in [0, 0.05) is 36.1 Å². The summed E-state index contributed by atoms with van der Waals surface area (Å²) in [6.45, 7) is 3.92. The van der Waals surface area contributed by atoms with E-state index in [9.17, 15) is 9.90 Å². The van der Waals surface area contributed by atoms with Crippen molar-refractivity contribution < 1.29 is 9.90 Å². The molecule has 4 rings (SSSR count). The molecule has 1 aliphatic rings. The molecule has 1 amide bonds. The molecule has 0 bridgehead atoms. The van der Waals surface area contributed by atoms with Crippen LogP contribution in [-0.4, -0.2) is 42.6 Å². The van der Waals surface area contributed by atoms with Gasteiger partial charge < -0.3 is 16.2 Å². The molecule has 0 spiro atoms. The number of carbonyl (C=O) groups is 1. The molecule has 3 aromatic heterocycles. The van der Waals surface area contributed by atoms with Crippen molar-refractivity contribution in [3.8, 4) is 11.1 Å². The van der Waals surface area contributed by atoms with Crippen molar-refractivity contribution in [3.63, 3.8) is 0 Å². The highest BCUT2D eigenvalue weighted by molar-refractivity contribution is 6.02. The fraction of sp³-hybridized carbons (Fsp3) is 0.421. The van der Waals surface area contributed by atoms with Crippen LogP contribution in [0.3, 0.4) is 0 Å². The van der Waals surface area contributed by atoms with E-state index in [1.165, 1.54) is 6.20 Å². The van der Waals surface area contributed by atoms with Gasteiger partial charge in [-0.05, 0) is 38.7 Å². The fourth-order valence-corrected chi connectivity index (χ4v) is 3.48. The molecule has 1 fully saturated rings. The number of rotatable bonds is 6. The molecule has 0 aromatic carbocycles. The number of primary amides is 1. The summed E-state index contributed by atoms with van der Waals surface area (Å²) < 4.78 is 3.53. The number of carbonyl (C=O) groups excluding carboxylic acids is 1. The minimum absolute atomic E-state index is 0.208. The van der Waals surface area contributed by atoms with Crippen LogP contribution in [0.4, 0.5) is 5.69 Å². The summed E-state index contributed by atoms with van der Waals surface area (Å²) in [6, 6.07) is 1.75. The van der Waals surface area contributed by atoms with Gasteiger partial charge in [-0.1, -0.05) is 0 Å². The molecular formula is C19H24N6O2. The lowest BCUT2D eigenvalue weighted by atomic mass is 10.1. The maximum Gasteiger partial charge on any atom is 0.252 e. The molecule has 1 unspecified atom stereocenters. The molecule has 8 heteroatoms. The lowest BCUT2D eigenvalue weighted by molar-refractivity contribution is 0.1000. The average Bonchev–Trinajstić information content (AvgIpc) is 3.31. The van der Waals surface area contributed by atoms with Gasteiger partial charge >= 0.3 is 0 Å². The maximum absolute atomic E-state index is 12.0. The first-order valence-corrected chi connectivity index (χ1v) is 9.11. The van der Waals surface area contributed by atoms with Crippen LogP contribution in [0.25, 0.3) is 16.6 Å². The van der Waals surface area contributed by atoms with Crippen LogP contribution in [-0.2, 0) is 7.05 Å². The van der Waals surface area contributed by atoms with Gasteiger partial charge in [-0.25, -0.2) is 4.52 Å². The van der Waals surface area contributed by atoms with Crippen LogP contribution in [0.5, 0.6) is 0 Å². The van der Waals surface area contributed by atoms with Crippen molar-refractivity contribution in [2.75, 3.05) is 5.32 Å². The molecule has 0 radical (unpaired) electrons. The predicted octanol–water partition coefficient (Wildman–Crippen LogP) is 1.71. The average molecular weight is 368 g/mol. The second kappa shape index (κ2) is 6.38. The van der Waals surface area contributed by atoms with Gasteiger partial charge in [0.2, 0.25) is 0 Å². The number of nitrogens with one attached hydrogen (secondary N) is 1. The number of aryl methyl sites for hydroxylation is 1. The van der Waals surface area contributed by atoms with E-state index in [0.29, 0.717) is 17.2 Å². The maximum atomic E-state index is 12.0. The molecular weight excluding hydrogens is 344 g/mol. The Bertz CT molecular complexity index is 1020. The molecule has 2 atom stereocenters. The highest BCUT2D eigenvalue weighted by Crippen LogP contribution is 2.36. The van der Waals surface area contributed by atoms with Crippen molar-refractivity contribution in [1.82, 2.24) is 19.4 Å². The van der Waals surface area contributed by atoms with Crippen molar-refractivity contribution in [1.29, 1.82) is 0 Å². The zero-order valence-corrected chi connectivity index (χ0v) is 15.7. The molecule has 1 saturated carbocycles. The van der Waals surface area contributed by atoms with E-state index in [0.717, 1.165) is 35.2 Å². The third-order valence-electron chi connectivity index (χ3n) is 5.44. The molecule has 4 N–H and O–H groups in total. The highest BCUT2D eigenvalue weighted by Gasteiger charge is 2.34. The summed E-state index contributed by atoms with van der Waals surface area (Å²) in [5.74, 6) is -0.233. The molecule has 142 valence electrons. The van der Waals surface area contributed by atoms with E-state index in [-0.39, 0.29) is 6.04 Å². The van der Waals surface area contributed by atoms with Crippen LogP contribution in [0.15, 0.2) is 24.7 Å². The first-order chi connectivity index (χ1) is 12.9. The summed E-state index contributed by atoms with van der Waals surface area (Å²) in [5.41, 5.74) is 10.2. The molecule has 0 saturated heterocycles. The molecule has 8 nitrogen and oxygen atoms in total. The molecule has 3 heterocycles. The molecule has 27 heavy (non-hydrogen) atoms. The number of nitrogens with zero attached hydrogens (tertiary/aromatic N) is 4. The molecule has 3 aromatic rings. The Morgan fingerprint density at radius 2 is 2.11 bits per heavy atom. The summed E-state index contributed by atoms with van der Waals surface area (Å²) in [4.78, 5) is 12.0. The largest absolute Gasteiger partial charge is 0.391 e. The highest BCUT2D eigenvalue weighted by atomic mass is 16.3. The van der Waals surface area contributed by atoms with Gasteiger partial charge in [0.25, 0.3) is 5.91 Å². The standard InChI is InChI=1S/C19H24N6O2/c1-10(18(26)12-4-5-12)23-17-15(19(20)27)8-22-25-9-13(6-16(17)25)14-7-21-24(3)11(14)2/h6-10,12,18,23,26H,4-5H2,1-3H3,(H2,20,27)/t10-,18?/m1/s1. The molecule has 0 aliphatic heterocycles. The number of hydrogen-bond donors (Lipinski definition) is 3. The van der Waals surface area contributed by atoms with Crippen molar-refractivity contribution in [2.45, 2.75) is 38.8 Å². The topological polar surface area (TPSA) is 110 Å². The van der Waals surface area contributed by atoms with E-state index in [2.05, 4.69) is 15.5 Å². The number of aromatic nitrogens is 4. The number of fused-ring (bicyclic) bond motifs is 1. The lowest BCUT2D eigenvalue weighted by Gasteiger charge is -2.22. The van der Waals surface area contributed by atoms with E-state index in [4.69, 9.17) is 5.73 Å². The van der Waals surface area contributed by atoms with E-state index in [1.54, 1.807) is 4.52 Å². The quantitative estimate of drug-likeness (QED) is 0.613. The summed E-state index contributed by atoms with van der Waals surface area (Å²) in [6.07, 6.45) is 6.79. The fourth-order valence-electron chi connectivity index (χ4n) is 3.48. The summed E-state index contributed by atoms with van der Waals surface area (Å²) in [7, 11) is 1.89. The lowest BCUT2D eigenvalue weighted by Crippen LogP contribution is -2.33. The first kappa shape index (κ1) is 17.5. The number of hydrogen-bond acceptors (Lipinski definition) is 5. The van der Waals surface area contributed by atoms with Crippen LogP contribution in [0, 0.1) is 12.8 Å². The molecule has 1 aliphatic carbocycles. The van der Waals surface area contributed by atoms with Crippen LogP contribution >= 0.6 is 0 Å². The third-order valence-corrected chi connectivity index (χ3v) is 5.44. The second-order valence-electron chi connectivity index (χ2n) is 7.38. The Balaban J connectivity index is 1.80. The van der Waals surface area contributed by atoms with Gasteiger partial charge in [-0.15, -0.1) is 0 Å². The van der Waals surface area contributed by atoms with Gasteiger partial charge in [0.1, 0.15) is 0 Å². The van der Waals surface area contributed by atoms with Crippen LogP contribution in [0.2, 0.25) is 0 Å². The van der Waals surface area contributed by atoms with Gasteiger partial charge in [0.05, 0.1) is 35.3 Å².